The van der Waals surface area contributed by atoms with E-state index in [-0.39, 0.29) is 0 Å². The molecule has 0 amide bonds. The number of benzene rings is 1. The van der Waals surface area contributed by atoms with Crippen LogP contribution in [0.3, 0.4) is 0 Å². The van der Waals surface area contributed by atoms with Gasteiger partial charge in [-0.05, 0) is 24.8 Å². The van der Waals surface area contributed by atoms with Gasteiger partial charge in [-0.3, -0.25) is 0 Å². The van der Waals surface area contributed by atoms with E-state index in [9.17, 15) is 0 Å². The summed E-state index contributed by atoms with van der Waals surface area (Å²) < 4.78 is 18.5. The molecule has 0 aliphatic rings. The standard InChI is InChI=1S/C17H28O3Si/c1-5-13-18-21(19-14-6-2,20-15-7-3)17-12-10-9-11-16(17)8-4/h8-12H,4-7,13-15H2,1-3H3. The average molecular weight is 308 g/mol. The Labute approximate surface area is 130 Å². The smallest absolute Gasteiger partial charge is 0.370 e. The summed E-state index contributed by atoms with van der Waals surface area (Å²) in [7, 11) is -2.87. The van der Waals surface area contributed by atoms with Gasteiger partial charge in [-0.2, -0.15) is 0 Å². The molecule has 0 aromatic heterocycles. The van der Waals surface area contributed by atoms with Crippen LogP contribution in [0, 0.1) is 0 Å². The lowest BCUT2D eigenvalue weighted by molar-refractivity contribution is 0.0731. The first-order chi connectivity index (χ1) is 10.2. The Balaban J connectivity index is 3.19. The highest BCUT2D eigenvalue weighted by Crippen LogP contribution is 2.16. The predicted molar refractivity (Wildman–Crippen MR) is 90.7 cm³/mol. The molecule has 1 aromatic carbocycles. The van der Waals surface area contributed by atoms with E-state index < -0.39 is 8.80 Å². The van der Waals surface area contributed by atoms with Crippen molar-refractivity contribution < 1.29 is 13.3 Å². The molecule has 0 atom stereocenters. The molecule has 0 aliphatic carbocycles. The summed E-state index contributed by atoms with van der Waals surface area (Å²) in [6, 6.07) is 8.08. The van der Waals surface area contributed by atoms with Crippen LogP contribution < -0.4 is 5.19 Å². The van der Waals surface area contributed by atoms with E-state index in [2.05, 4.69) is 27.4 Å². The first kappa shape index (κ1) is 18.1. The van der Waals surface area contributed by atoms with Crippen LogP contribution in [-0.4, -0.2) is 28.6 Å². The number of rotatable bonds is 11. The second-order valence-electron chi connectivity index (χ2n) is 4.89. The minimum absolute atomic E-state index is 0.644. The fourth-order valence-corrected chi connectivity index (χ4v) is 5.00. The van der Waals surface area contributed by atoms with Gasteiger partial charge in [0.2, 0.25) is 0 Å². The Kier molecular flexibility index (Phi) is 8.53. The summed E-state index contributed by atoms with van der Waals surface area (Å²) in [6.45, 7) is 12.1. The summed E-state index contributed by atoms with van der Waals surface area (Å²) in [4.78, 5) is 0. The summed E-state index contributed by atoms with van der Waals surface area (Å²) >= 11 is 0. The van der Waals surface area contributed by atoms with Gasteiger partial charge in [0.05, 0.1) is 0 Å². The van der Waals surface area contributed by atoms with E-state index >= 15 is 0 Å². The van der Waals surface area contributed by atoms with Crippen LogP contribution >= 0.6 is 0 Å². The number of hydrogen-bond acceptors (Lipinski definition) is 3. The Morgan fingerprint density at radius 2 is 1.38 bits per heavy atom. The van der Waals surface area contributed by atoms with Gasteiger partial charge in [0.25, 0.3) is 0 Å². The summed E-state index contributed by atoms with van der Waals surface area (Å²) in [6.07, 6.45) is 4.67. The minimum Gasteiger partial charge on any atom is -0.370 e. The summed E-state index contributed by atoms with van der Waals surface area (Å²) in [5.74, 6) is 0. The Bertz CT molecular complexity index is 398. The monoisotopic (exact) mass is 308 g/mol. The van der Waals surface area contributed by atoms with Crippen LogP contribution in [0.4, 0.5) is 0 Å². The van der Waals surface area contributed by atoms with Gasteiger partial charge in [-0.1, -0.05) is 57.7 Å². The largest absolute Gasteiger partial charge is 0.537 e. The Hall–Kier alpha value is -0.943. The van der Waals surface area contributed by atoms with Crippen molar-refractivity contribution in [1.29, 1.82) is 0 Å². The molecular weight excluding hydrogens is 280 g/mol. The molecule has 0 spiro atoms. The van der Waals surface area contributed by atoms with Gasteiger partial charge in [0.15, 0.2) is 0 Å². The quantitative estimate of drug-likeness (QED) is 0.583. The molecule has 118 valence electrons. The Morgan fingerprint density at radius 1 is 0.905 bits per heavy atom. The highest BCUT2D eigenvalue weighted by Gasteiger charge is 2.44. The normalized spacial score (nSPS) is 11.6. The molecule has 21 heavy (non-hydrogen) atoms. The van der Waals surface area contributed by atoms with Crippen molar-refractivity contribution in [3.63, 3.8) is 0 Å². The molecule has 1 aromatic rings. The lowest BCUT2D eigenvalue weighted by Crippen LogP contribution is -2.58. The fraction of sp³-hybridized carbons (Fsp3) is 0.529. The molecule has 0 bridgehead atoms. The van der Waals surface area contributed by atoms with Gasteiger partial charge in [-0.25, -0.2) is 0 Å². The van der Waals surface area contributed by atoms with E-state index in [1.165, 1.54) is 0 Å². The molecule has 0 saturated carbocycles. The third kappa shape index (κ3) is 5.07. The van der Waals surface area contributed by atoms with Gasteiger partial charge >= 0.3 is 8.80 Å². The third-order valence-electron chi connectivity index (χ3n) is 3.00. The van der Waals surface area contributed by atoms with Gasteiger partial charge in [0.1, 0.15) is 0 Å². The molecule has 1 rings (SSSR count). The molecule has 0 unspecified atom stereocenters. The van der Waals surface area contributed by atoms with Gasteiger partial charge < -0.3 is 13.3 Å². The highest BCUT2D eigenvalue weighted by atomic mass is 28.4. The minimum atomic E-state index is -2.87. The van der Waals surface area contributed by atoms with E-state index in [4.69, 9.17) is 13.3 Å². The molecular formula is C17H28O3Si. The van der Waals surface area contributed by atoms with E-state index in [0.29, 0.717) is 19.8 Å². The summed E-state index contributed by atoms with van der Waals surface area (Å²) in [5.41, 5.74) is 1.03. The average Bonchev–Trinajstić information content (AvgIpc) is 2.54. The molecule has 0 fully saturated rings. The summed E-state index contributed by atoms with van der Waals surface area (Å²) in [5, 5.41) is 1.02. The van der Waals surface area contributed by atoms with E-state index in [1.54, 1.807) is 0 Å². The molecule has 3 nitrogen and oxygen atoms in total. The maximum absolute atomic E-state index is 6.16. The van der Waals surface area contributed by atoms with E-state index in [0.717, 1.165) is 30.0 Å². The molecule has 4 heteroatoms. The van der Waals surface area contributed by atoms with Crippen molar-refractivity contribution in [2.75, 3.05) is 19.8 Å². The predicted octanol–water partition coefficient (Wildman–Crippen LogP) is 3.76. The zero-order chi connectivity index (χ0) is 15.6. The van der Waals surface area contributed by atoms with Crippen LogP contribution in [0.5, 0.6) is 0 Å². The highest BCUT2D eigenvalue weighted by molar-refractivity contribution is 6.76. The van der Waals surface area contributed by atoms with Gasteiger partial charge in [0, 0.05) is 25.0 Å². The third-order valence-corrected chi connectivity index (χ3v) is 5.87. The maximum Gasteiger partial charge on any atom is 0.537 e. The van der Waals surface area contributed by atoms with Crippen molar-refractivity contribution in [3.05, 3.63) is 36.4 Å². The molecule has 0 heterocycles. The van der Waals surface area contributed by atoms with Crippen LogP contribution in [0.1, 0.15) is 45.6 Å². The molecule has 0 N–H and O–H groups in total. The van der Waals surface area contributed by atoms with Crippen molar-refractivity contribution in [2.24, 2.45) is 0 Å². The van der Waals surface area contributed by atoms with Crippen LogP contribution in [0.25, 0.3) is 6.08 Å². The first-order valence-electron chi connectivity index (χ1n) is 7.87. The van der Waals surface area contributed by atoms with Gasteiger partial charge in [-0.15, -0.1) is 0 Å². The SMILES string of the molecule is C=Cc1ccccc1[Si](OCCC)(OCCC)OCCC. The zero-order valence-corrected chi connectivity index (χ0v) is 14.6. The van der Waals surface area contributed by atoms with Crippen LogP contribution in [-0.2, 0) is 13.3 Å². The lowest BCUT2D eigenvalue weighted by Gasteiger charge is -2.30. The molecule has 0 aliphatic heterocycles. The fourth-order valence-electron chi connectivity index (χ4n) is 2.02. The Morgan fingerprint density at radius 3 is 1.81 bits per heavy atom. The zero-order valence-electron chi connectivity index (χ0n) is 13.6. The van der Waals surface area contributed by atoms with Crippen molar-refractivity contribution in [1.82, 2.24) is 0 Å². The maximum atomic E-state index is 6.16. The van der Waals surface area contributed by atoms with E-state index in [1.807, 2.05) is 30.3 Å². The van der Waals surface area contributed by atoms with Crippen LogP contribution in [0.2, 0.25) is 0 Å². The van der Waals surface area contributed by atoms with Crippen molar-refractivity contribution >= 4 is 20.1 Å². The molecule has 0 radical (unpaired) electrons. The van der Waals surface area contributed by atoms with Crippen LogP contribution in [0.15, 0.2) is 30.8 Å². The second kappa shape index (κ2) is 9.90. The topological polar surface area (TPSA) is 27.7 Å². The van der Waals surface area contributed by atoms with Crippen molar-refractivity contribution in [3.8, 4) is 0 Å². The second-order valence-corrected chi connectivity index (χ2v) is 7.41. The first-order valence-corrected chi connectivity index (χ1v) is 9.60. The molecule has 0 saturated heterocycles. The number of hydrogen-bond donors (Lipinski definition) is 0. The lowest BCUT2D eigenvalue weighted by atomic mass is 10.2. The van der Waals surface area contributed by atoms with Crippen molar-refractivity contribution in [2.45, 2.75) is 40.0 Å².